The van der Waals surface area contributed by atoms with Gasteiger partial charge in [-0.25, -0.2) is 0 Å². The van der Waals surface area contributed by atoms with Crippen molar-refractivity contribution in [2.24, 2.45) is 5.41 Å². The van der Waals surface area contributed by atoms with Crippen LogP contribution >= 0.6 is 0 Å². The van der Waals surface area contributed by atoms with E-state index < -0.39 is 0 Å². The molecule has 2 heteroatoms. The van der Waals surface area contributed by atoms with Gasteiger partial charge in [-0.05, 0) is 11.6 Å². The summed E-state index contributed by atoms with van der Waals surface area (Å²) in [5, 5.41) is 0. The first-order valence-electron chi connectivity index (χ1n) is 6.19. The van der Waals surface area contributed by atoms with Crippen LogP contribution in [0.25, 0.3) is 6.08 Å². The van der Waals surface area contributed by atoms with E-state index in [4.69, 9.17) is 0 Å². The van der Waals surface area contributed by atoms with E-state index >= 15 is 0 Å². The van der Waals surface area contributed by atoms with Crippen molar-refractivity contribution < 1.29 is 9.59 Å². The molecule has 1 aromatic carbocycles. The molecule has 0 radical (unpaired) electrons. The molecule has 0 amide bonds. The van der Waals surface area contributed by atoms with Gasteiger partial charge in [0.15, 0.2) is 5.78 Å². The number of hydrogen-bond acceptors (Lipinski definition) is 2. The smallest absolute Gasteiger partial charge is 0.156 e. The summed E-state index contributed by atoms with van der Waals surface area (Å²) < 4.78 is 0. The summed E-state index contributed by atoms with van der Waals surface area (Å²) in [6.45, 7) is 5.62. The van der Waals surface area contributed by atoms with Crippen molar-refractivity contribution >= 4 is 17.6 Å². The Balaban J connectivity index is 2.44. The van der Waals surface area contributed by atoms with E-state index in [9.17, 15) is 9.59 Å². The minimum atomic E-state index is -0.358. The highest BCUT2D eigenvalue weighted by atomic mass is 16.1. The fourth-order valence-corrected chi connectivity index (χ4v) is 1.45. The molecule has 0 saturated heterocycles. The first kappa shape index (κ1) is 14.4. The molecule has 0 unspecified atom stereocenters. The molecule has 1 aromatic rings. The van der Waals surface area contributed by atoms with Gasteiger partial charge in [0.2, 0.25) is 0 Å². The van der Waals surface area contributed by atoms with Crippen LogP contribution in [0.1, 0.15) is 39.2 Å². The number of hydrogen-bond donors (Lipinski definition) is 0. The van der Waals surface area contributed by atoms with Crippen LogP contribution in [0.15, 0.2) is 36.4 Å². The number of carbonyl (C=O) groups excluding carboxylic acids is 2. The van der Waals surface area contributed by atoms with E-state index in [1.165, 1.54) is 0 Å². The SMILES string of the molecule is CC(C)(C)C(=O)CCC(=O)/C=C/c1ccccc1. The zero-order valence-electron chi connectivity index (χ0n) is 11.3. The number of allylic oxidation sites excluding steroid dienone is 1. The second-order valence-corrected chi connectivity index (χ2v) is 5.38. The number of ketones is 2. The van der Waals surface area contributed by atoms with Gasteiger partial charge in [-0.15, -0.1) is 0 Å². The van der Waals surface area contributed by atoms with E-state index in [2.05, 4.69) is 0 Å². The quantitative estimate of drug-likeness (QED) is 0.741. The zero-order valence-corrected chi connectivity index (χ0v) is 11.3. The third-order valence-corrected chi connectivity index (χ3v) is 2.70. The van der Waals surface area contributed by atoms with Gasteiger partial charge >= 0.3 is 0 Å². The van der Waals surface area contributed by atoms with Crippen LogP contribution in [-0.2, 0) is 9.59 Å². The van der Waals surface area contributed by atoms with Gasteiger partial charge < -0.3 is 0 Å². The molecule has 0 fully saturated rings. The molecule has 0 aromatic heterocycles. The Kier molecular flexibility index (Phi) is 5.02. The maximum absolute atomic E-state index is 11.7. The lowest BCUT2D eigenvalue weighted by atomic mass is 9.88. The van der Waals surface area contributed by atoms with Crippen LogP contribution in [0.3, 0.4) is 0 Å². The predicted molar refractivity (Wildman–Crippen MR) is 74.2 cm³/mol. The Hall–Kier alpha value is -1.70. The molecule has 0 atom stereocenters. The Morgan fingerprint density at radius 1 is 1.06 bits per heavy atom. The van der Waals surface area contributed by atoms with Crippen molar-refractivity contribution in [1.29, 1.82) is 0 Å². The number of rotatable bonds is 5. The summed E-state index contributed by atoms with van der Waals surface area (Å²) >= 11 is 0. The maximum atomic E-state index is 11.7. The Labute approximate surface area is 109 Å². The van der Waals surface area contributed by atoms with Gasteiger partial charge in [0.05, 0.1) is 0 Å². The number of carbonyl (C=O) groups is 2. The van der Waals surface area contributed by atoms with Crippen LogP contribution in [0.5, 0.6) is 0 Å². The molecule has 0 aliphatic carbocycles. The average molecular weight is 244 g/mol. The van der Waals surface area contributed by atoms with Crippen molar-refractivity contribution in [3.63, 3.8) is 0 Å². The maximum Gasteiger partial charge on any atom is 0.156 e. The highest BCUT2D eigenvalue weighted by Crippen LogP contribution is 2.17. The molecule has 0 aliphatic heterocycles. The van der Waals surface area contributed by atoms with E-state index in [1.54, 1.807) is 12.2 Å². The Bertz CT molecular complexity index is 436. The molecule has 0 saturated carbocycles. The molecule has 0 heterocycles. The summed E-state index contributed by atoms with van der Waals surface area (Å²) in [6, 6.07) is 9.65. The summed E-state index contributed by atoms with van der Waals surface area (Å²) in [5.41, 5.74) is 0.636. The Morgan fingerprint density at radius 2 is 1.67 bits per heavy atom. The van der Waals surface area contributed by atoms with Crippen molar-refractivity contribution in [3.05, 3.63) is 42.0 Å². The van der Waals surface area contributed by atoms with Crippen LogP contribution < -0.4 is 0 Å². The van der Waals surface area contributed by atoms with E-state index in [0.29, 0.717) is 12.8 Å². The summed E-state index contributed by atoms with van der Waals surface area (Å²) in [7, 11) is 0. The summed E-state index contributed by atoms with van der Waals surface area (Å²) in [6.07, 6.45) is 3.94. The van der Waals surface area contributed by atoms with Gasteiger partial charge in [-0.1, -0.05) is 57.2 Å². The monoisotopic (exact) mass is 244 g/mol. The minimum absolute atomic E-state index is 0.00328. The highest BCUT2D eigenvalue weighted by molar-refractivity contribution is 5.96. The van der Waals surface area contributed by atoms with Crippen molar-refractivity contribution in [2.45, 2.75) is 33.6 Å². The van der Waals surface area contributed by atoms with Gasteiger partial charge in [-0.2, -0.15) is 0 Å². The Morgan fingerprint density at radius 3 is 2.22 bits per heavy atom. The third kappa shape index (κ3) is 5.09. The first-order valence-corrected chi connectivity index (χ1v) is 6.19. The largest absolute Gasteiger partial charge is 0.299 e. The topological polar surface area (TPSA) is 34.1 Å². The van der Waals surface area contributed by atoms with Crippen molar-refractivity contribution in [3.8, 4) is 0 Å². The molecular weight excluding hydrogens is 224 g/mol. The summed E-state index contributed by atoms with van der Waals surface area (Å²) in [4.78, 5) is 23.3. The lowest BCUT2D eigenvalue weighted by molar-refractivity contribution is -0.128. The van der Waals surface area contributed by atoms with Gasteiger partial charge in [0, 0.05) is 18.3 Å². The molecule has 0 aliphatic rings. The molecule has 0 N–H and O–H groups in total. The summed E-state index contributed by atoms with van der Waals surface area (Å²) in [5.74, 6) is 0.125. The van der Waals surface area contributed by atoms with Gasteiger partial charge in [0.25, 0.3) is 0 Å². The average Bonchev–Trinajstić information content (AvgIpc) is 2.33. The first-order chi connectivity index (χ1) is 8.39. The number of Topliss-reactive ketones (excluding diaryl/α,β-unsaturated/α-hetero) is 1. The van der Waals surface area contributed by atoms with Crippen molar-refractivity contribution in [2.75, 3.05) is 0 Å². The van der Waals surface area contributed by atoms with Crippen LogP contribution in [0, 0.1) is 5.41 Å². The van der Waals surface area contributed by atoms with Crippen LogP contribution in [0.2, 0.25) is 0 Å². The molecule has 0 bridgehead atoms. The normalized spacial score (nSPS) is 11.7. The molecule has 1 rings (SSSR count). The lowest BCUT2D eigenvalue weighted by Crippen LogP contribution is -2.20. The second kappa shape index (κ2) is 6.29. The number of benzene rings is 1. The predicted octanol–water partition coefficient (Wildman–Crippen LogP) is 3.66. The van der Waals surface area contributed by atoms with Crippen LogP contribution in [-0.4, -0.2) is 11.6 Å². The van der Waals surface area contributed by atoms with E-state index in [-0.39, 0.29) is 17.0 Å². The van der Waals surface area contributed by atoms with E-state index in [0.717, 1.165) is 5.56 Å². The fraction of sp³-hybridized carbons (Fsp3) is 0.375. The van der Waals surface area contributed by atoms with Gasteiger partial charge in [-0.3, -0.25) is 9.59 Å². The lowest BCUT2D eigenvalue weighted by Gasteiger charge is -2.15. The molecule has 2 nitrogen and oxygen atoms in total. The van der Waals surface area contributed by atoms with Crippen molar-refractivity contribution in [1.82, 2.24) is 0 Å². The van der Waals surface area contributed by atoms with Crippen LogP contribution in [0.4, 0.5) is 0 Å². The minimum Gasteiger partial charge on any atom is -0.299 e. The van der Waals surface area contributed by atoms with E-state index in [1.807, 2.05) is 51.1 Å². The zero-order chi connectivity index (χ0) is 13.6. The molecule has 18 heavy (non-hydrogen) atoms. The third-order valence-electron chi connectivity index (χ3n) is 2.70. The molecular formula is C16H20O2. The second-order valence-electron chi connectivity index (χ2n) is 5.38. The molecule has 0 spiro atoms. The fourth-order valence-electron chi connectivity index (χ4n) is 1.45. The van der Waals surface area contributed by atoms with Gasteiger partial charge in [0.1, 0.15) is 5.78 Å². The highest BCUT2D eigenvalue weighted by Gasteiger charge is 2.20. The standard InChI is InChI=1S/C16H20O2/c1-16(2,3)15(18)12-11-14(17)10-9-13-7-5-4-6-8-13/h4-10H,11-12H2,1-3H3/b10-9+. The molecule has 96 valence electrons.